The summed E-state index contributed by atoms with van der Waals surface area (Å²) in [5.74, 6) is 1.61. The van der Waals surface area contributed by atoms with Crippen molar-refractivity contribution in [2.24, 2.45) is 0 Å². The third-order valence-corrected chi connectivity index (χ3v) is 3.95. The Morgan fingerprint density at radius 3 is 2.53 bits per heavy atom. The van der Waals surface area contributed by atoms with Crippen LogP contribution in [0.3, 0.4) is 0 Å². The Hall–Kier alpha value is -2.01. The van der Waals surface area contributed by atoms with Crippen molar-refractivity contribution in [3.05, 3.63) is 59.5 Å². The van der Waals surface area contributed by atoms with Gasteiger partial charge in [0.1, 0.15) is 5.76 Å². The molecular weight excluding hydrogens is 234 g/mol. The Labute approximate surface area is 113 Å². The van der Waals surface area contributed by atoms with E-state index >= 15 is 0 Å². The number of nitrogens with zero attached hydrogens (tertiary/aromatic N) is 1. The Morgan fingerprint density at radius 1 is 1.26 bits per heavy atom. The van der Waals surface area contributed by atoms with E-state index in [4.69, 9.17) is 4.42 Å². The minimum absolute atomic E-state index is 0.528. The highest BCUT2D eigenvalue weighted by molar-refractivity contribution is 5.37. The van der Waals surface area contributed by atoms with Gasteiger partial charge in [-0.1, -0.05) is 24.3 Å². The average molecular weight is 251 g/mol. The molecule has 2 heteroatoms. The van der Waals surface area contributed by atoms with Gasteiger partial charge in [0.15, 0.2) is 0 Å². The first-order valence-electron chi connectivity index (χ1n) is 6.75. The van der Waals surface area contributed by atoms with E-state index < -0.39 is 5.41 Å². The normalized spacial score (nSPS) is 17.7. The molecular formula is C17H17NO. The number of rotatable bonds is 4. The van der Waals surface area contributed by atoms with Gasteiger partial charge in [0.2, 0.25) is 0 Å². The summed E-state index contributed by atoms with van der Waals surface area (Å²) in [6, 6.07) is 14.8. The fraction of sp³-hybridized carbons (Fsp3) is 0.353. The number of benzene rings is 1. The van der Waals surface area contributed by atoms with Crippen LogP contribution in [0.25, 0.3) is 0 Å². The van der Waals surface area contributed by atoms with Crippen LogP contribution < -0.4 is 0 Å². The van der Waals surface area contributed by atoms with Crippen molar-refractivity contribution in [1.29, 1.82) is 5.26 Å². The lowest BCUT2D eigenvalue weighted by Gasteiger charge is -2.21. The first-order chi connectivity index (χ1) is 9.21. The fourth-order valence-corrected chi connectivity index (χ4v) is 2.51. The summed E-state index contributed by atoms with van der Waals surface area (Å²) in [5.41, 5.74) is 1.94. The summed E-state index contributed by atoms with van der Waals surface area (Å²) in [5, 5.41) is 9.54. The Bertz CT molecular complexity index is 587. The molecule has 0 amide bonds. The molecule has 0 saturated heterocycles. The molecule has 0 radical (unpaired) electrons. The third-order valence-electron chi connectivity index (χ3n) is 3.95. The Kier molecular flexibility index (Phi) is 2.91. The second kappa shape index (κ2) is 4.59. The maximum Gasteiger partial charge on any atom is 0.105 e. The molecule has 1 aliphatic carbocycles. The predicted octanol–water partition coefficient (Wildman–Crippen LogP) is 4.18. The van der Waals surface area contributed by atoms with Crippen molar-refractivity contribution in [1.82, 2.24) is 0 Å². The smallest absolute Gasteiger partial charge is 0.105 e. The van der Waals surface area contributed by atoms with Gasteiger partial charge in [0.25, 0.3) is 0 Å². The molecule has 1 saturated carbocycles. The summed E-state index contributed by atoms with van der Waals surface area (Å²) < 4.78 is 5.37. The van der Waals surface area contributed by atoms with E-state index in [-0.39, 0.29) is 0 Å². The largest absolute Gasteiger partial charge is 0.469 e. The average Bonchev–Trinajstić information content (AvgIpc) is 3.18. The van der Waals surface area contributed by atoms with Crippen molar-refractivity contribution in [3.63, 3.8) is 0 Å². The number of hydrogen-bond donors (Lipinski definition) is 0. The lowest BCUT2D eigenvalue weighted by molar-refractivity contribution is 0.462. The molecule has 1 fully saturated rings. The van der Waals surface area contributed by atoms with Crippen LogP contribution >= 0.6 is 0 Å². The van der Waals surface area contributed by atoms with Gasteiger partial charge in [-0.15, -0.1) is 0 Å². The Morgan fingerprint density at radius 2 is 2.00 bits per heavy atom. The molecule has 1 aromatic heterocycles. The predicted molar refractivity (Wildman–Crippen MR) is 73.8 cm³/mol. The minimum Gasteiger partial charge on any atom is -0.469 e. The molecule has 19 heavy (non-hydrogen) atoms. The molecule has 0 spiro atoms. The van der Waals surface area contributed by atoms with Crippen LogP contribution in [0, 0.1) is 11.3 Å². The first kappa shape index (κ1) is 12.0. The summed E-state index contributed by atoms with van der Waals surface area (Å²) in [6.45, 7) is 1.97. The molecule has 2 aromatic rings. The zero-order valence-corrected chi connectivity index (χ0v) is 11.1. The van der Waals surface area contributed by atoms with Crippen molar-refractivity contribution in [3.8, 4) is 6.07 Å². The maximum absolute atomic E-state index is 9.54. The maximum atomic E-state index is 9.54. The summed E-state index contributed by atoms with van der Waals surface area (Å²) >= 11 is 0. The topological polar surface area (TPSA) is 36.9 Å². The highest BCUT2D eigenvalue weighted by Gasteiger charge is 2.29. The van der Waals surface area contributed by atoms with Crippen molar-refractivity contribution in [2.45, 2.75) is 37.5 Å². The van der Waals surface area contributed by atoms with Crippen LogP contribution in [-0.2, 0) is 11.8 Å². The molecule has 1 aromatic carbocycles. The molecule has 0 aliphatic heterocycles. The van der Waals surface area contributed by atoms with Gasteiger partial charge in [-0.2, -0.15) is 5.26 Å². The van der Waals surface area contributed by atoms with E-state index in [0.29, 0.717) is 6.42 Å². The highest BCUT2D eigenvalue weighted by Crippen LogP contribution is 2.40. The van der Waals surface area contributed by atoms with Gasteiger partial charge >= 0.3 is 0 Å². The van der Waals surface area contributed by atoms with Gasteiger partial charge < -0.3 is 4.42 Å². The van der Waals surface area contributed by atoms with Crippen molar-refractivity contribution in [2.75, 3.05) is 0 Å². The number of hydrogen-bond acceptors (Lipinski definition) is 2. The van der Waals surface area contributed by atoms with E-state index in [2.05, 4.69) is 30.3 Å². The van der Waals surface area contributed by atoms with E-state index in [1.54, 1.807) is 6.26 Å². The van der Waals surface area contributed by atoms with Crippen molar-refractivity contribution >= 4 is 0 Å². The van der Waals surface area contributed by atoms with Crippen LogP contribution in [0.4, 0.5) is 0 Å². The highest BCUT2D eigenvalue weighted by atomic mass is 16.3. The van der Waals surface area contributed by atoms with E-state index in [0.717, 1.165) is 17.2 Å². The van der Waals surface area contributed by atoms with Gasteiger partial charge in [-0.3, -0.25) is 0 Å². The third kappa shape index (κ3) is 2.42. The van der Waals surface area contributed by atoms with Crippen LogP contribution in [0.15, 0.2) is 47.1 Å². The van der Waals surface area contributed by atoms with Gasteiger partial charge in [0.05, 0.1) is 17.7 Å². The first-order valence-corrected chi connectivity index (χ1v) is 6.75. The Balaban J connectivity index is 1.86. The number of furan rings is 1. The standard InChI is InChI=1S/C17H17NO/c1-17(12-18,11-16-3-2-10-19-16)15-8-6-14(7-9-15)13-4-5-13/h2-3,6-10,13H,4-5,11H2,1H3. The summed E-state index contributed by atoms with van der Waals surface area (Å²) in [7, 11) is 0. The second-order valence-electron chi connectivity index (χ2n) is 5.60. The fourth-order valence-electron chi connectivity index (χ4n) is 2.51. The lowest BCUT2D eigenvalue weighted by atomic mass is 9.80. The van der Waals surface area contributed by atoms with Crippen LogP contribution in [-0.4, -0.2) is 0 Å². The van der Waals surface area contributed by atoms with Gasteiger partial charge in [0, 0.05) is 6.42 Å². The van der Waals surface area contributed by atoms with Crippen molar-refractivity contribution < 1.29 is 4.42 Å². The summed E-state index contributed by atoms with van der Waals surface area (Å²) in [6.07, 6.45) is 4.88. The molecule has 0 bridgehead atoms. The molecule has 1 atom stereocenters. The second-order valence-corrected chi connectivity index (χ2v) is 5.60. The molecule has 3 rings (SSSR count). The van der Waals surface area contributed by atoms with E-state index in [1.807, 2.05) is 19.1 Å². The van der Waals surface area contributed by atoms with E-state index in [9.17, 15) is 5.26 Å². The minimum atomic E-state index is -0.528. The molecule has 1 unspecified atom stereocenters. The van der Waals surface area contributed by atoms with E-state index in [1.165, 1.54) is 18.4 Å². The lowest BCUT2D eigenvalue weighted by Crippen LogP contribution is -2.22. The van der Waals surface area contributed by atoms with Crippen LogP contribution in [0.2, 0.25) is 0 Å². The van der Waals surface area contributed by atoms with Crippen LogP contribution in [0.1, 0.15) is 42.6 Å². The summed E-state index contributed by atoms with van der Waals surface area (Å²) in [4.78, 5) is 0. The number of nitriles is 1. The van der Waals surface area contributed by atoms with Crippen LogP contribution in [0.5, 0.6) is 0 Å². The zero-order chi connectivity index (χ0) is 13.3. The molecule has 2 nitrogen and oxygen atoms in total. The molecule has 96 valence electrons. The van der Waals surface area contributed by atoms with Gasteiger partial charge in [-0.25, -0.2) is 0 Å². The molecule has 1 heterocycles. The zero-order valence-electron chi connectivity index (χ0n) is 11.1. The monoisotopic (exact) mass is 251 g/mol. The molecule has 1 aliphatic rings. The quantitative estimate of drug-likeness (QED) is 0.817. The molecule has 0 N–H and O–H groups in total. The SMILES string of the molecule is CC(C#N)(Cc1ccco1)c1ccc(C2CC2)cc1. The van der Waals surface area contributed by atoms with Gasteiger partial charge in [-0.05, 0) is 48.9 Å².